The van der Waals surface area contributed by atoms with Gasteiger partial charge in [0.25, 0.3) is 0 Å². The van der Waals surface area contributed by atoms with Gasteiger partial charge in [-0.15, -0.1) is 0 Å². The van der Waals surface area contributed by atoms with E-state index >= 15 is 0 Å². The topological polar surface area (TPSA) is 12.4 Å². The van der Waals surface area contributed by atoms with Crippen LogP contribution in [0.1, 0.15) is 12.5 Å². The summed E-state index contributed by atoms with van der Waals surface area (Å²) in [5.74, 6) is 0. The van der Waals surface area contributed by atoms with Crippen molar-refractivity contribution in [1.82, 2.24) is 0 Å². The molecule has 0 fully saturated rings. The second-order valence-corrected chi connectivity index (χ2v) is 3.90. The van der Waals surface area contributed by atoms with Gasteiger partial charge in [0.2, 0.25) is 0 Å². The van der Waals surface area contributed by atoms with Crippen LogP contribution in [0.4, 0.5) is 18.9 Å². The molecule has 0 radical (unpaired) electrons. The summed E-state index contributed by atoms with van der Waals surface area (Å²) in [5.41, 5.74) is 1.21. The van der Waals surface area contributed by atoms with Gasteiger partial charge in [-0.25, -0.2) is 4.99 Å². The molecule has 1 nitrogen and oxygen atoms in total. The standard InChI is InChI=1S/C10H9F3IN/c1-2-7-5-3-4-6-8(7)15-9(14)10(11,12)13/h3-6H,2H2,1H3. The van der Waals surface area contributed by atoms with Crippen LogP contribution in [0.25, 0.3) is 0 Å². The first-order chi connectivity index (χ1) is 6.95. The predicted molar refractivity (Wildman–Crippen MR) is 63.0 cm³/mol. The van der Waals surface area contributed by atoms with Crippen LogP contribution >= 0.6 is 22.6 Å². The number of benzene rings is 1. The quantitative estimate of drug-likeness (QED) is 0.568. The number of aryl methyl sites for hydroxylation is 1. The first kappa shape index (κ1) is 12.5. The second-order valence-electron chi connectivity index (χ2n) is 2.88. The Morgan fingerprint density at radius 1 is 1.33 bits per heavy atom. The predicted octanol–water partition coefficient (Wildman–Crippen LogP) is 4.28. The van der Waals surface area contributed by atoms with Gasteiger partial charge in [-0.1, -0.05) is 25.1 Å². The Morgan fingerprint density at radius 3 is 2.47 bits per heavy atom. The Balaban J connectivity index is 3.08. The van der Waals surface area contributed by atoms with Crippen LogP contribution in [0.15, 0.2) is 29.3 Å². The molecule has 0 unspecified atom stereocenters. The summed E-state index contributed by atoms with van der Waals surface area (Å²) in [6, 6.07) is 6.83. The van der Waals surface area contributed by atoms with E-state index in [0.29, 0.717) is 12.1 Å². The van der Waals surface area contributed by atoms with Crippen molar-refractivity contribution in [2.45, 2.75) is 19.5 Å². The van der Waals surface area contributed by atoms with Crippen molar-refractivity contribution >= 4 is 32.0 Å². The van der Waals surface area contributed by atoms with Crippen molar-refractivity contribution in [1.29, 1.82) is 0 Å². The average molecular weight is 327 g/mol. The van der Waals surface area contributed by atoms with E-state index in [1.165, 1.54) is 22.6 Å². The Kier molecular flexibility index (Phi) is 4.12. The zero-order chi connectivity index (χ0) is 11.5. The van der Waals surface area contributed by atoms with Crippen molar-refractivity contribution in [3.63, 3.8) is 0 Å². The molecule has 0 aromatic heterocycles. The highest BCUT2D eigenvalue weighted by molar-refractivity contribution is 14.1. The lowest BCUT2D eigenvalue weighted by Crippen LogP contribution is -2.16. The number of rotatable bonds is 2. The highest BCUT2D eigenvalue weighted by Crippen LogP contribution is 2.27. The van der Waals surface area contributed by atoms with Crippen molar-refractivity contribution in [2.75, 3.05) is 0 Å². The second kappa shape index (κ2) is 4.96. The zero-order valence-corrected chi connectivity index (χ0v) is 10.1. The molecule has 0 N–H and O–H groups in total. The number of hydrogen-bond donors (Lipinski definition) is 0. The highest BCUT2D eigenvalue weighted by atomic mass is 127. The summed E-state index contributed by atoms with van der Waals surface area (Å²) in [6.07, 6.45) is -3.69. The van der Waals surface area contributed by atoms with E-state index in [2.05, 4.69) is 4.99 Å². The molecule has 0 spiro atoms. The van der Waals surface area contributed by atoms with Crippen LogP contribution in [0, 0.1) is 0 Å². The fraction of sp³-hybridized carbons (Fsp3) is 0.300. The van der Waals surface area contributed by atoms with E-state index in [1.807, 2.05) is 6.92 Å². The van der Waals surface area contributed by atoms with Gasteiger partial charge in [0, 0.05) is 0 Å². The van der Waals surface area contributed by atoms with E-state index in [9.17, 15) is 13.2 Å². The van der Waals surface area contributed by atoms with Gasteiger partial charge in [-0.3, -0.25) is 0 Å². The molecule has 0 saturated heterocycles. The molecule has 82 valence electrons. The highest BCUT2D eigenvalue weighted by Gasteiger charge is 2.33. The Hall–Kier alpha value is -0.590. The molecule has 5 heteroatoms. The maximum atomic E-state index is 12.2. The molecule has 0 aliphatic carbocycles. The van der Waals surface area contributed by atoms with Gasteiger partial charge < -0.3 is 0 Å². The number of halogens is 4. The van der Waals surface area contributed by atoms with E-state index in [1.54, 1.807) is 24.3 Å². The number of hydrogen-bond acceptors (Lipinski definition) is 1. The fourth-order valence-corrected chi connectivity index (χ4v) is 1.35. The summed E-state index contributed by atoms with van der Waals surface area (Å²) in [5, 5.41) is 0. The molecule has 1 aromatic carbocycles. The van der Waals surface area contributed by atoms with E-state index in [4.69, 9.17) is 0 Å². The monoisotopic (exact) mass is 327 g/mol. The molecule has 0 atom stereocenters. The first-order valence-electron chi connectivity index (χ1n) is 4.34. The summed E-state index contributed by atoms with van der Waals surface area (Å²) in [7, 11) is 0. The summed E-state index contributed by atoms with van der Waals surface area (Å²) in [4.78, 5) is 3.58. The number of aliphatic imine (C=N–C) groups is 1. The van der Waals surface area contributed by atoms with E-state index in [0.717, 1.165) is 5.56 Å². The molecule has 0 saturated carbocycles. The molecule has 0 aliphatic rings. The van der Waals surface area contributed by atoms with Crippen LogP contribution in [-0.4, -0.2) is 9.89 Å². The first-order valence-corrected chi connectivity index (χ1v) is 5.42. The minimum Gasteiger partial charge on any atom is -0.237 e. The van der Waals surface area contributed by atoms with Crippen LogP contribution in [0.5, 0.6) is 0 Å². The smallest absolute Gasteiger partial charge is 0.237 e. The summed E-state index contributed by atoms with van der Waals surface area (Å²) >= 11 is 1.21. The number of alkyl halides is 3. The van der Waals surface area contributed by atoms with Gasteiger partial charge in [-0.05, 0) is 40.6 Å². The van der Waals surface area contributed by atoms with Crippen molar-refractivity contribution in [3.8, 4) is 0 Å². The minimum atomic E-state index is -4.36. The van der Waals surface area contributed by atoms with Crippen molar-refractivity contribution in [2.24, 2.45) is 4.99 Å². The van der Waals surface area contributed by atoms with Crippen LogP contribution < -0.4 is 0 Å². The summed E-state index contributed by atoms with van der Waals surface area (Å²) in [6.45, 7) is 1.88. The Morgan fingerprint density at radius 2 is 1.93 bits per heavy atom. The third-order valence-corrected chi connectivity index (χ3v) is 2.68. The average Bonchev–Trinajstić information content (AvgIpc) is 2.17. The zero-order valence-electron chi connectivity index (χ0n) is 7.98. The van der Waals surface area contributed by atoms with Crippen molar-refractivity contribution in [3.05, 3.63) is 29.8 Å². The largest absolute Gasteiger partial charge is 0.439 e. The lowest BCUT2D eigenvalue weighted by Gasteiger charge is -2.06. The van der Waals surface area contributed by atoms with Gasteiger partial charge in [0.1, 0.15) is 0 Å². The molecule has 0 bridgehead atoms. The van der Waals surface area contributed by atoms with Crippen LogP contribution in [0.3, 0.4) is 0 Å². The fourth-order valence-electron chi connectivity index (χ4n) is 1.09. The van der Waals surface area contributed by atoms with Gasteiger partial charge in [0.15, 0.2) is 3.72 Å². The Bertz CT molecular complexity index is 371. The van der Waals surface area contributed by atoms with Crippen LogP contribution in [0.2, 0.25) is 0 Å². The molecule has 15 heavy (non-hydrogen) atoms. The lowest BCUT2D eigenvalue weighted by molar-refractivity contribution is -0.0544. The minimum absolute atomic E-state index is 0.390. The molecule has 1 aromatic rings. The van der Waals surface area contributed by atoms with E-state index in [-0.39, 0.29) is 0 Å². The molecular weight excluding hydrogens is 318 g/mol. The third-order valence-electron chi connectivity index (χ3n) is 1.83. The van der Waals surface area contributed by atoms with Gasteiger partial charge in [0.05, 0.1) is 5.69 Å². The van der Waals surface area contributed by atoms with Gasteiger partial charge in [-0.2, -0.15) is 13.2 Å². The van der Waals surface area contributed by atoms with Gasteiger partial charge >= 0.3 is 6.18 Å². The maximum absolute atomic E-state index is 12.2. The lowest BCUT2D eigenvalue weighted by atomic mass is 10.1. The Labute approximate surface area is 99.5 Å². The van der Waals surface area contributed by atoms with Crippen LogP contribution in [-0.2, 0) is 6.42 Å². The molecule has 0 aliphatic heterocycles. The molecule has 0 heterocycles. The maximum Gasteiger partial charge on any atom is 0.439 e. The van der Waals surface area contributed by atoms with E-state index < -0.39 is 9.89 Å². The summed E-state index contributed by atoms with van der Waals surface area (Å²) < 4.78 is 35.9. The van der Waals surface area contributed by atoms with Crippen molar-refractivity contribution < 1.29 is 13.2 Å². The number of nitrogens with zero attached hydrogens (tertiary/aromatic N) is 1. The normalized spacial score (nSPS) is 13.0. The molecular formula is C10H9F3IN. The molecule has 1 rings (SSSR count). The third kappa shape index (κ3) is 3.48. The SMILES string of the molecule is CCc1ccccc1N=C(I)C(F)(F)F. The molecule has 0 amide bonds. The number of para-hydroxylation sites is 1.